The van der Waals surface area contributed by atoms with Gasteiger partial charge < -0.3 is 14.8 Å². The molecule has 2 aromatic rings. The molecule has 0 atom stereocenters. The van der Waals surface area contributed by atoms with Gasteiger partial charge in [0.2, 0.25) is 0 Å². The predicted molar refractivity (Wildman–Crippen MR) is 87.6 cm³/mol. The lowest BCUT2D eigenvalue weighted by Crippen LogP contribution is -2.11. The molecule has 0 fully saturated rings. The Morgan fingerprint density at radius 3 is 2.62 bits per heavy atom. The first-order chi connectivity index (χ1) is 11.2. The predicted octanol–water partition coefficient (Wildman–Crippen LogP) is 2.09. The van der Waals surface area contributed by atoms with E-state index in [1.54, 1.807) is 24.3 Å². The van der Waals surface area contributed by atoms with Crippen LogP contribution < -0.4 is 5.32 Å². The molecule has 0 saturated carbocycles. The van der Waals surface area contributed by atoms with E-state index in [1.165, 1.54) is 12.1 Å². The summed E-state index contributed by atoms with van der Waals surface area (Å²) in [4.78, 5) is 22.7. The lowest BCUT2D eigenvalue weighted by Gasteiger charge is -2.05. The highest BCUT2D eigenvalue weighted by Gasteiger charge is 2.14. The van der Waals surface area contributed by atoms with Gasteiger partial charge in [-0.05, 0) is 36.2 Å². The summed E-state index contributed by atoms with van der Waals surface area (Å²) in [7, 11) is -3.24. The standard InChI is InChI=1S/C16H17NO6S/c1-24(21,22)10-13-6-7-14(23-13)16(20)17-12-4-2-3-11(9-12)5-8-15(18)19/h2-4,6-7,9H,5,8,10H2,1H3,(H,17,20)(H,18,19). The molecular formula is C16H17NO6S. The highest BCUT2D eigenvalue weighted by Crippen LogP contribution is 2.16. The van der Waals surface area contributed by atoms with Crippen molar-refractivity contribution in [2.24, 2.45) is 0 Å². The lowest BCUT2D eigenvalue weighted by molar-refractivity contribution is -0.136. The Kier molecular flexibility index (Phi) is 5.40. The van der Waals surface area contributed by atoms with Gasteiger partial charge in [-0.2, -0.15) is 0 Å². The zero-order chi connectivity index (χ0) is 17.7. The third-order valence-corrected chi connectivity index (χ3v) is 3.91. The molecule has 0 radical (unpaired) electrons. The summed E-state index contributed by atoms with van der Waals surface area (Å²) in [6, 6.07) is 9.69. The van der Waals surface area contributed by atoms with Gasteiger partial charge in [0, 0.05) is 18.4 Å². The first kappa shape index (κ1) is 17.7. The smallest absolute Gasteiger partial charge is 0.303 e. The number of benzene rings is 1. The zero-order valence-electron chi connectivity index (χ0n) is 13.0. The van der Waals surface area contributed by atoms with Crippen molar-refractivity contribution in [3.8, 4) is 0 Å². The molecule has 0 aliphatic rings. The Morgan fingerprint density at radius 2 is 1.96 bits per heavy atom. The molecule has 0 unspecified atom stereocenters. The number of aryl methyl sites for hydroxylation is 1. The van der Waals surface area contributed by atoms with E-state index in [0.717, 1.165) is 11.8 Å². The van der Waals surface area contributed by atoms with Gasteiger partial charge in [-0.15, -0.1) is 0 Å². The maximum absolute atomic E-state index is 12.1. The second kappa shape index (κ2) is 7.31. The van der Waals surface area contributed by atoms with E-state index in [4.69, 9.17) is 9.52 Å². The average Bonchev–Trinajstić information content (AvgIpc) is 2.92. The number of rotatable bonds is 7. The van der Waals surface area contributed by atoms with Gasteiger partial charge >= 0.3 is 5.97 Å². The third-order valence-electron chi connectivity index (χ3n) is 3.10. The zero-order valence-corrected chi connectivity index (χ0v) is 13.8. The van der Waals surface area contributed by atoms with E-state index in [-0.39, 0.29) is 23.7 Å². The van der Waals surface area contributed by atoms with E-state index >= 15 is 0 Å². The maximum Gasteiger partial charge on any atom is 0.303 e. The fourth-order valence-electron chi connectivity index (χ4n) is 2.08. The van der Waals surface area contributed by atoms with E-state index in [0.29, 0.717) is 12.1 Å². The van der Waals surface area contributed by atoms with Gasteiger partial charge in [0.25, 0.3) is 5.91 Å². The number of furan rings is 1. The minimum absolute atomic E-state index is 0.00425. The normalized spacial score (nSPS) is 11.2. The Hall–Kier alpha value is -2.61. The summed E-state index contributed by atoms with van der Waals surface area (Å²) in [5, 5.41) is 11.3. The minimum atomic E-state index is -3.24. The van der Waals surface area contributed by atoms with Crippen molar-refractivity contribution in [2.75, 3.05) is 11.6 Å². The van der Waals surface area contributed by atoms with Crippen LogP contribution in [-0.2, 0) is 26.8 Å². The fourth-order valence-corrected chi connectivity index (χ4v) is 2.76. The van der Waals surface area contributed by atoms with Crippen LogP contribution in [0, 0.1) is 0 Å². The van der Waals surface area contributed by atoms with Crippen molar-refractivity contribution >= 4 is 27.4 Å². The van der Waals surface area contributed by atoms with Gasteiger partial charge in [-0.3, -0.25) is 9.59 Å². The summed E-state index contributed by atoms with van der Waals surface area (Å²) in [5.74, 6) is -1.48. The number of anilines is 1. The molecule has 1 amide bonds. The van der Waals surface area contributed by atoms with Crippen LogP contribution in [-0.4, -0.2) is 31.7 Å². The van der Waals surface area contributed by atoms with Crippen LogP contribution in [0.4, 0.5) is 5.69 Å². The average molecular weight is 351 g/mol. The van der Waals surface area contributed by atoms with Crippen molar-refractivity contribution in [1.29, 1.82) is 0 Å². The lowest BCUT2D eigenvalue weighted by atomic mass is 10.1. The molecule has 2 rings (SSSR count). The summed E-state index contributed by atoms with van der Waals surface area (Å²) in [6.45, 7) is 0. The SMILES string of the molecule is CS(=O)(=O)Cc1ccc(C(=O)Nc2cccc(CCC(=O)O)c2)o1. The highest BCUT2D eigenvalue weighted by atomic mass is 32.2. The van der Waals surface area contributed by atoms with E-state index < -0.39 is 21.7 Å². The molecule has 0 spiro atoms. The number of aliphatic carboxylic acids is 1. The Bertz CT molecular complexity index is 853. The monoisotopic (exact) mass is 351 g/mol. The summed E-state index contributed by atoms with van der Waals surface area (Å²) >= 11 is 0. The van der Waals surface area contributed by atoms with E-state index in [2.05, 4.69) is 5.32 Å². The van der Waals surface area contributed by atoms with Crippen molar-refractivity contribution < 1.29 is 27.5 Å². The summed E-state index contributed by atoms with van der Waals surface area (Å²) < 4.78 is 27.7. The van der Waals surface area contributed by atoms with Gasteiger partial charge in [-0.25, -0.2) is 8.42 Å². The molecule has 0 bridgehead atoms. The number of nitrogens with one attached hydrogen (secondary N) is 1. The molecule has 0 saturated heterocycles. The molecule has 24 heavy (non-hydrogen) atoms. The van der Waals surface area contributed by atoms with Crippen molar-refractivity contribution in [1.82, 2.24) is 0 Å². The topological polar surface area (TPSA) is 114 Å². The molecule has 7 nitrogen and oxygen atoms in total. The number of hydrogen-bond donors (Lipinski definition) is 2. The van der Waals surface area contributed by atoms with Crippen LogP contribution >= 0.6 is 0 Å². The molecule has 1 aromatic heterocycles. The van der Waals surface area contributed by atoms with Crippen LogP contribution in [0.25, 0.3) is 0 Å². The summed E-state index contributed by atoms with van der Waals surface area (Å²) in [6.07, 6.45) is 1.45. The van der Waals surface area contributed by atoms with Crippen LogP contribution in [0.1, 0.15) is 28.3 Å². The van der Waals surface area contributed by atoms with Gasteiger partial charge in [0.1, 0.15) is 11.5 Å². The van der Waals surface area contributed by atoms with Crippen molar-refractivity contribution in [3.63, 3.8) is 0 Å². The minimum Gasteiger partial charge on any atom is -0.481 e. The Balaban J connectivity index is 2.04. The largest absolute Gasteiger partial charge is 0.481 e. The molecular weight excluding hydrogens is 334 g/mol. The molecule has 0 aliphatic heterocycles. The van der Waals surface area contributed by atoms with Crippen LogP contribution in [0.3, 0.4) is 0 Å². The van der Waals surface area contributed by atoms with Crippen LogP contribution in [0.2, 0.25) is 0 Å². The van der Waals surface area contributed by atoms with Crippen molar-refractivity contribution in [3.05, 3.63) is 53.5 Å². The van der Waals surface area contributed by atoms with Gasteiger partial charge in [-0.1, -0.05) is 12.1 Å². The second-order valence-corrected chi connectivity index (χ2v) is 7.52. The number of carboxylic acids is 1. The van der Waals surface area contributed by atoms with E-state index in [1.807, 2.05) is 0 Å². The molecule has 8 heteroatoms. The number of carbonyl (C=O) groups excluding carboxylic acids is 1. The molecule has 2 N–H and O–H groups in total. The van der Waals surface area contributed by atoms with E-state index in [9.17, 15) is 18.0 Å². The van der Waals surface area contributed by atoms with Crippen LogP contribution in [0.5, 0.6) is 0 Å². The molecule has 0 aliphatic carbocycles. The third kappa shape index (κ3) is 5.54. The maximum atomic E-state index is 12.1. The number of carbonyl (C=O) groups is 2. The quantitative estimate of drug-likeness (QED) is 0.789. The number of sulfone groups is 1. The first-order valence-corrected chi connectivity index (χ1v) is 9.17. The van der Waals surface area contributed by atoms with Crippen LogP contribution in [0.15, 0.2) is 40.8 Å². The number of amides is 1. The Labute approximate surface area is 139 Å². The molecule has 1 aromatic carbocycles. The van der Waals surface area contributed by atoms with Gasteiger partial charge in [0.15, 0.2) is 15.6 Å². The Morgan fingerprint density at radius 1 is 1.21 bits per heavy atom. The van der Waals surface area contributed by atoms with Gasteiger partial charge in [0.05, 0.1) is 0 Å². The second-order valence-electron chi connectivity index (χ2n) is 5.38. The molecule has 128 valence electrons. The van der Waals surface area contributed by atoms with Crippen molar-refractivity contribution in [2.45, 2.75) is 18.6 Å². The molecule has 1 heterocycles. The first-order valence-electron chi connectivity index (χ1n) is 7.11. The summed E-state index contributed by atoms with van der Waals surface area (Å²) in [5.41, 5.74) is 1.29. The number of hydrogen-bond acceptors (Lipinski definition) is 5. The highest BCUT2D eigenvalue weighted by molar-refractivity contribution is 7.89. The fraction of sp³-hybridized carbons (Fsp3) is 0.250. The number of carboxylic acid groups (broad SMARTS) is 1.